The van der Waals surface area contributed by atoms with Crippen LogP contribution in [0.1, 0.15) is 5.76 Å². The van der Waals surface area contributed by atoms with E-state index in [9.17, 15) is 4.79 Å². The summed E-state index contributed by atoms with van der Waals surface area (Å²) in [5, 5.41) is 3.12. The highest BCUT2D eigenvalue weighted by Gasteiger charge is 2.01. The first kappa shape index (κ1) is 12.8. The fraction of sp³-hybridized carbons (Fsp3) is 0. The summed E-state index contributed by atoms with van der Waals surface area (Å²) in [6.07, 6.45) is 4.80. The van der Waals surface area contributed by atoms with E-state index in [4.69, 9.17) is 16.0 Å². The molecule has 0 fully saturated rings. The van der Waals surface area contributed by atoms with Crippen molar-refractivity contribution in [1.29, 1.82) is 0 Å². The smallest absolute Gasteiger partial charge is 0.287 e. The highest BCUT2D eigenvalue weighted by molar-refractivity contribution is 8.13. The molecule has 1 N–H and O–H groups in total. The van der Waals surface area contributed by atoms with Gasteiger partial charge in [0.2, 0.25) is 0 Å². The lowest BCUT2D eigenvalue weighted by molar-refractivity contribution is 0.263. The van der Waals surface area contributed by atoms with E-state index in [2.05, 4.69) is 5.32 Å². The van der Waals surface area contributed by atoms with E-state index in [-0.39, 0.29) is 5.24 Å². The van der Waals surface area contributed by atoms with E-state index in [0.29, 0.717) is 10.8 Å². The summed E-state index contributed by atoms with van der Waals surface area (Å²) in [7, 11) is 0. The molecule has 5 heteroatoms. The van der Waals surface area contributed by atoms with Gasteiger partial charge in [0.25, 0.3) is 5.24 Å². The van der Waals surface area contributed by atoms with Gasteiger partial charge in [-0.15, -0.1) is 0 Å². The van der Waals surface area contributed by atoms with E-state index in [0.717, 1.165) is 16.7 Å². The van der Waals surface area contributed by atoms with E-state index in [1.165, 1.54) is 0 Å². The molecule has 1 amide bonds. The zero-order chi connectivity index (χ0) is 12.8. The van der Waals surface area contributed by atoms with Gasteiger partial charge < -0.3 is 9.73 Å². The predicted octanol–water partition coefficient (Wildman–Crippen LogP) is 4.41. The molecule has 92 valence electrons. The van der Waals surface area contributed by atoms with Gasteiger partial charge >= 0.3 is 0 Å². The maximum Gasteiger partial charge on any atom is 0.287 e. The molecule has 0 radical (unpaired) electrons. The minimum absolute atomic E-state index is 0.167. The average molecular weight is 280 g/mol. The Hall–Kier alpha value is -1.65. The van der Waals surface area contributed by atoms with Gasteiger partial charge in [-0.1, -0.05) is 11.6 Å². The summed E-state index contributed by atoms with van der Waals surface area (Å²) in [4.78, 5) is 12.4. The van der Waals surface area contributed by atoms with Crippen LogP contribution in [0.4, 0.5) is 4.79 Å². The number of furan rings is 1. The van der Waals surface area contributed by atoms with Crippen LogP contribution in [0.2, 0.25) is 5.02 Å². The molecule has 1 aromatic heterocycles. The summed E-state index contributed by atoms with van der Waals surface area (Å²) in [6.45, 7) is 0. The van der Waals surface area contributed by atoms with Crippen LogP contribution in [-0.2, 0) is 0 Å². The number of rotatable bonds is 3. The van der Waals surface area contributed by atoms with Gasteiger partial charge in [-0.3, -0.25) is 4.79 Å². The van der Waals surface area contributed by atoms with Crippen molar-refractivity contribution in [2.75, 3.05) is 0 Å². The molecule has 0 aliphatic heterocycles. The molecule has 1 aromatic carbocycles. The van der Waals surface area contributed by atoms with Crippen LogP contribution in [-0.4, -0.2) is 5.24 Å². The normalized spacial score (nSPS) is 10.7. The number of thioether (sulfide) groups is 1. The van der Waals surface area contributed by atoms with Crippen LogP contribution in [0.25, 0.3) is 6.08 Å². The Labute approximate surface area is 114 Å². The largest absolute Gasteiger partial charge is 0.465 e. The average Bonchev–Trinajstić information content (AvgIpc) is 2.85. The Morgan fingerprint density at radius 1 is 1.28 bits per heavy atom. The van der Waals surface area contributed by atoms with Crippen molar-refractivity contribution in [2.24, 2.45) is 0 Å². The summed E-state index contributed by atoms with van der Waals surface area (Å²) in [5.41, 5.74) is 0. The summed E-state index contributed by atoms with van der Waals surface area (Å²) < 4.78 is 5.09. The van der Waals surface area contributed by atoms with Crippen molar-refractivity contribution in [3.05, 3.63) is 59.6 Å². The fourth-order valence-corrected chi connectivity index (χ4v) is 1.96. The third-order valence-corrected chi connectivity index (χ3v) is 3.08. The second-order valence-corrected chi connectivity index (χ2v) is 4.82. The number of carbonyl (C=O) groups is 1. The van der Waals surface area contributed by atoms with Crippen molar-refractivity contribution in [1.82, 2.24) is 5.32 Å². The van der Waals surface area contributed by atoms with Crippen LogP contribution in [0.5, 0.6) is 0 Å². The first-order valence-corrected chi connectivity index (χ1v) is 6.37. The Morgan fingerprint density at radius 3 is 2.72 bits per heavy atom. The molecule has 0 unspecified atom stereocenters. The van der Waals surface area contributed by atoms with Gasteiger partial charge in [0.15, 0.2) is 0 Å². The quantitative estimate of drug-likeness (QED) is 0.847. The van der Waals surface area contributed by atoms with Gasteiger partial charge in [0.05, 0.1) is 6.26 Å². The summed E-state index contributed by atoms with van der Waals surface area (Å²) in [6, 6.07) is 10.7. The Bertz CT molecular complexity index is 535. The number of benzene rings is 1. The van der Waals surface area contributed by atoms with Gasteiger partial charge in [-0.2, -0.15) is 0 Å². The highest BCUT2D eigenvalue weighted by Crippen LogP contribution is 2.20. The molecule has 0 saturated carbocycles. The third kappa shape index (κ3) is 3.98. The monoisotopic (exact) mass is 279 g/mol. The van der Waals surface area contributed by atoms with Crippen LogP contribution in [0.3, 0.4) is 0 Å². The van der Waals surface area contributed by atoms with Gasteiger partial charge in [-0.05, 0) is 54.2 Å². The molecular formula is C13H10ClNO2S. The standard InChI is InChI=1S/C13H10ClNO2S/c14-10-3-5-12(6-4-10)18-13(16)15-8-7-11-2-1-9-17-11/h1-9H,(H,15,16). The zero-order valence-corrected chi connectivity index (χ0v) is 10.9. The molecule has 0 bridgehead atoms. The molecule has 2 aromatic rings. The van der Waals surface area contributed by atoms with Crippen molar-refractivity contribution in [3.63, 3.8) is 0 Å². The number of carbonyl (C=O) groups excluding carboxylic acids is 1. The number of halogens is 1. The van der Waals surface area contributed by atoms with E-state index >= 15 is 0 Å². The number of hydrogen-bond donors (Lipinski definition) is 1. The summed E-state index contributed by atoms with van der Waals surface area (Å²) in [5.74, 6) is 0.687. The van der Waals surface area contributed by atoms with Crippen molar-refractivity contribution in [2.45, 2.75) is 4.90 Å². The molecule has 18 heavy (non-hydrogen) atoms. The molecule has 1 heterocycles. The SMILES string of the molecule is O=C(NC=Cc1ccco1)Sc1ccc(Cl)cc1. The molecule has 0 aliphatic rings. The first-order chi connectivity index (χ1) is 8.74. The van der Waals surface area contributed by atoms with Crippen LogP contribution in [0.15, 0.2) is 58.2 Å². The van der Waals surface area contributed by atoms with E-state index in [1.807, 2.05) is 0 Å². The number of hydrogen-bond acceptors (Lipinski definition) is 3. The van der Waals surface area contributed by atoms with Crippen LogP contribution in [0, 0.1) is 0 Å². The van der Waals surface area contributed by atoms with Gasteiger partial charge in [0, 0.05) is 16.1 Å². The fourth-order valence-electron chi connectivity index (χ4n) is 1.22. The van der Waals surface area contributed by atoms with Crippen molar-refractivity contribution in [3.8, 4) is 0 Å². The Kier molecular flexibility index (Phi) is 4.50. The molecule has 0 spiro atoms. The van der Waals surface area contributed by atoms with E-state index < -0.39 is 0 Å². The van der Waals surface area contributed by atoms with Crippen molar-refractivity contribution < 1.29 is 9.21 Å². The molecular weight excluding hydrogens is 270 g/mol. The van der Waals surface area contributed by atoms with Crippen molar-refractivity contribution >= 4 is 34.7 Å². The molecule has 2 rings (SSSR count). The Balaban J connectivity index is 1.84. The Morgan fingerprint density at radius 2 is 2.06 bits per heavy atom. The second kappa shape index (κ2) is 6.33. The van der Waals surface area contributed by atoms with Gasteiger partial charge in [0.1, 0.15) is 5.76 Å². The minimum Gasteiger partial charge on any atom is -0.465 e. The molecule has 3 nitrogen and oxygen atoms in total. The topological polar surface area (TPSA) is 42.2 Å². The maximum atomic E-state index is 11.6. The number of nitrogens with one attached hydrogen (secondary N) is 1. The van der Waals surface area contributed by atoms with E-state index in [1.54, 1.807) is 54.9 Å². The molecule has 0 aliphatic carbocycles. The maximum absolute atomic E-state index is 11.6. The zero-order valence-electron chi connectivity index (χ0n) is 9.30. The minimum atomic E-state index is -0.167. The third-order valence-electron chi connectivity index (χ3n) is 2.02. The first-order valence-electron chi connectivity index (χ1n) is 5.18. The van der Waals surface area contributed by atoms with Gasteiger partial charge in [-0.25, -0.2) is 0 Å². The van der Waals surface area contributed by atoms with Crippen LogP contribution < -0.4 is 5.32 Å². The molecule has 0 saturated heterocycles. The lowest BCUT2D eigenvalue weighted by Gasteiger charge is -1.99. The van der Waals surface area contributed by atoms with Crippen LogP contribution >= 0.6 is 23.4 Å². The lowest BCUT2D eigenvalue weighted by atomic mass is 10.4. The predicted molar refractivity (Wildman–Crippen MR) is 73.6 cm³/mol. The number of amides is 1. The molecule has 0 atom stereocenters. The lowest BCUT2D eigenvalue weighted by Crippen LogP contribution is -2.09. The summed E-state index contributed by atoms with van der Waals surface area (Å²) >= 11 is 6.86. The second-order valence-electron chi connectivity index (χ2n) is 3.34. The highest BCUT2D eigenvalue weighted by atomic mass is 35.5.